The zero-order chi connectivity index (χ0) is 19.5. The van der Waals surface area contributed by atoms with Crippen LogP contribution in [0.4, 0.5) is 0 Å². The van der Waals surface area contributed by atoms with Gasteiger partial charge in [-0.3, -0.25) is 4.98 Å². The summed E-state index contributed by atoms with van der Waals surface area (Å²) in [5, 5.41) is 23.4. The maximum absolute atomic E-state index is 12.0. The highest BCUT2D eigenvalue weighted by Gasteiger charge is 2.73. The van der Waals surface area contributed by atoms with Crippen LogP contribution in [0, 0.1) is 0 Å². The second-order valence-electron chi connectivity index (χ2n) is 7.33. The summed E-state index contributed by atoms with van der Waals surface area (Å²) < 4.78 is 7.41. The van der Waals surface area contributed by atoms with Crippen molar-refractivity contribution >= 4 is 27.5 Å². The van der Waals surface area contributed by atoms with E-state index in [-0.39, 0.29) is 5.92 Å². The summed E-state index contributed by atoms with van der Waals surface area (Å²) in [6.07, 6.45) is 0.777. The van der Waals surface area contributed by atoms with Crippen LogP contribution in [0.15, 0.2) is 71.3 Å². The first-order valence-corrected chi connectivity index (χ1v) is 10.2. The van der Waals surface area contributed by atoms with E-state index in [0.29, 0.717) is 22.9 Å². The molecular weight excluding hydrogens is 442 g/mol. The maximum atomic E-state index is 12.0. The van der Waals surface area contributed by atoms with Gasteiger partial charge in [0.05, 0.1) is 11.1 Å². The van der Waals surface area contributed by atoms with E-state index in [1.54, 1.807) is 6.07 Å². The van der Waals surface area contributed by atoms with Crippen molar-refractivity contribution in [2.45, 2.75) is 29.6 Å². The van der Waals surface area contributed by atoms with Gasteiger partial charge >= 0.3 is 0 Å². The number of ether oxygens (including phenoxy) is 1. The fraction of sp³-hybridized carbons (Fsp3) is 0.227. The maximum Gasteiger partial charge on any atom is 0.180 e. The van der Waals surface area contributed by atoms with E-state index < -0.39 is 17.3 Å². The normalized spacial score (nSPS) is 30.6. The van der Waals surface area contributed by atoms with E-state index in [2.05, 4.69) is 20.9 Å². The van der Waals surface area contributed by atoms with Crippen molar-refractivity contribution in [1.29, 1.82) is 0 Å². The summed E-state index contributed by atoms with van der Waals surface area (Å²) in [5.41, 5.74) is -0.821. The summed E-state index contributed by atoms with van der Waals surface area (Å²) in [6.45, 7) is 0. The average molecular weight is 459 g/mol. The predicted molar refractivity (Wildman–Crippen MR) is 109 cm³/mol. The Kier molecular flexibility index (Phi) is 4.07. The molecule has 6 heteroatoms. The lowest BCUT2D eigenvalue weighted by atomic mass is 9.72. The number of pyridine rings is 1. The average Bonchev–Trinajstić information content (AvgIpc) is 3.09. The Balaban J connectivity index is 1.80. The number of halogens is 2. The Morgan fingerprint density at radius 1 is 1.11 bits per heavy atom. The number of fused-ring (bicyclic) bond motifs is 3. The van der Waals surface area contributed by atoms with Crippen molar-refractivity contribution in [1.82, 2.24) is 4.98 Å². The Hall–Kier alpha value is -1.92. The second-order valence-corrected chi connectivity index (χ2v) is 8.68. The summed E-state index contributed by atoms with van der Waals surface area (Å²) >= 11 is 9.60. The lowest BCUT2D eigenvalue weighted by Gasteiger charge is -2.40. The third-order valence-corrected chi connectivity index (χ3v) is 6.66. The van der Waals surface area contributed by atoms with E-state index in [4.69, 9.17) is 16.3 Å². The number of aromatic nitrogens is 1. The smallest absolute Gasteiger partial charge is 0.180 e. The van der Waals surface area contributed by atoms with Gasteiger partial charge in [0.1, 0.15) is 11.4 Å². The quantitative estimate of drug-likeness (QED) is 0.593. The lowest BCUT2D eigenvalue weighted by Crippen LogP contribution is -2.52. The van der Waals surface area contributed by atoms with E-state index in [1.165, 1.54) is 6.20 Å². The van der Waals surface area contributed by atoms with E-state index >= 15 is 0 Å². The minimum Gasteiger partial charge on any atom is -0.476 e. The molecule has 142 valence electrons. The molecule has 5 rings (SSSR count). The molecule has 1 fully saturated rings. The number of hydrogen-bond acceptors (Lipinski definition) is 4. The molecule has 2 aromatic carbocycles. The van der Waals surface area contributed by atoms with Gasteiger partial charge in [-0.2, -0.15) is 0 Å². The first-order chi connectivity index (χ1) is 13.5. The van der Waals surface area contributed by atoms with Crippen molar-refractivity contribution in [3.8, 4) is 5.75 Å². The molecule has 3 unspecified atom stereocenters. The number of aliphatic hydroxyl groups is 2. The molecule has 0 spiro atoms. The van der Waals surface area contributed by atoms with Crippen molar-refractivity contribution in [2.24, 2.45) is 0 Å². The van der Waals surface area contributed by atoms with Gasteiger partial charge in [-0.1, -0.05) is 70.0 Å². The zero-order valence-electron chi connectivity index (χ0n) is 14.7. The summed E-state index contributed by atoms with van der Waals surface area (Å²) in [5.74, 6) is 0.125. The van der Waals surface area contributed by atoms with Gasteiger partial charge in [0, 0.05) is 22.7 Å². The number of rotatable bonds is 2. The highest BCUT2D eigenvalue weighted by Crippen LogP contribution is 2.66. The number of aliphatic hydroxyl groups excluding tert-OH is 1. The van der Waals surface area contributed by atoms with Crippen LogP contribution < -0.4 is 4.74 Å². The topological polar surface area (TPSA) is 62.6 Å². The molecular formula is C22H17BrClNO3. The molecule has 2 N–H and O–H groups in total. The van der Waals surface area contributed by atoms with Crippen LogP contribution in [-0.4, -0.2) is 21.3 Å². The van der Waals surface area contributed by atoms with Gasteiger partial charge in [-0.15, -0.1) is 0 Å². The molecule has 1 saturated carbocycles. The van der Waals surface area contributed by atoms with Gasteiger partial charge in [0.25, 0.3) is 0 Å². The Morgan fingerprint density at radius 2 is 1.82 bits per heavy atom. The van der Waals surface area contributed by atoms with Crippen LogP contribution in [0.1, 0.15) is 29.2 Å². The van der Waals surface area contributed by atoms with Gasteiger partial charge in [-0.05, 0) is 29.7 Å². The number of hydrogen-bond donors (Lipinski definition) is 2. The molecule has 0 bridgehead atoms. The summed E-state index contributed by atoms with van der Waals surface area (Å²) in [7, 11) is 0. The fourth-order valence-electron chi connectivity index (χ4n) is 4.75. The molecule has 0 amide bonds. The van der Waals surface area contributed by atoms with Crippen LogP contribution in [0.3, 0.4) is 0 Å². The monoisotopic (exact) mass is 457 g/mol. The van der Waals surface area contributed by atoms with Crippen molar-refractivity contribution in [3.63, 3.8) is 0 Å². The minimum atomic E-state index is -1.69. The third kappa shape index (κ3) is 2.28. The molecule has 4 atom stereocenters. The zero-order valence-corrected chi connectivity index (χ0v) is 17.1. The van der Waals surface area contributed by atoms with Gasteiger partial charge in [0.15, 0.2) is 11.2 Å². The third-order valence-electron chi connectivity index (χ3n) is 5.92. The molecule has 4 nitrogen and oxygen atoms in total. The molecule has 28 heavy (non-hydrogen) atoms. The fourth-order valence-corrected chi connectivity index (χ4v) is 5.16. The molecule has 1 aliphatic heterocycles. The molecule has 2 aliphatic rings. The lowest BCUT2D eigenvalue weighted by molar-refractivity contribution is -0.151. The predicted octanol–water partition coefficient (Wildman–Crippen LogP) is 4.52. The van der Waals surface area contributed by atoms with Crippen LogP contribution in [0.25, 0.3) is 0 Å². The molecule has 3 aromatic rings. The van der Waals surface area contributed by atoms with E-state index in [0.717, 1.165) is 15.6 Å². The Labute approximate surface area is 175 Å². The van der Waals surface area contributed by atoms with E-state index in [1.807, 2.05) is 54.6 Å². The number of benzene rings is 2. The van der Waals surface area contributed by atoms with Crippen LogP contribution in [-0.2, 0) is 11.2 Å². The first-order valence-electron chi connectivity index (χ1n) is 9.03. The molecule has 1 aromatic heterocycles. The van der Waals surface area contributed by atoms with Crippen LogP contribution >= 0.6 is 27.5 Å². The van der Waals surface area contributed by atoms with Crippen LogP contribution in [0.2, 0.25) is 5.02 Å². The largest absolute Gasteiger partial charge is 0.476 e. The molecule has 0 saturated heterocycles. The van der Waals surface area contributed by atoms with Crippen molar-refractivity contribution in [2.75, 3.05) is 0 Å². The highest BCUT2D eigenvalue weighted by atomic mass is 79.9. The minimum absolute atomic E-state index is 0.275. The van der Waals surface area contributed by atoms with Crippen LogP contribution in [0.5, 0.6) is 5.75 Å². The van der Waals surface area contributed by atoms with Gasteiger partial charge in [0.2, 0.25) is 0 Å². The molecule has 0 radical (unpaired) electrons. The summed E-state index contributed by atoms with van der Waals surface area (Å²) in [4.78, 5) is 4.36. The summed E-state index contributed by atoms with van der Waals surface area (Å²) in [6, 6.07) is 19.1. The van der Waals surface area contributed by atoms with Crippen molar-refractivity contribution < 1.29 is 14.9 Å². The Bertz CT molecular complexity index is 1050. The van der Waals surface area contributed by atoms with Gasteiger partial charge in [-0.25, -0.2) is 0 Å². The highest BCUT2D eigenvalue weighted by molar-refractivity contribution is 9.10. The van der Waals surface area contributed by atoms with Crippen molar-refractivity contribution in [3.05, 3.63) is 93.2 Å². The SMILES string of the molecule is OC1CC(c2ccccc2)[C@]2(c3ccc(Br)cc3)Oc3cc(Cl)cnc3C12O. The second kappa shape index (κ2) is 6.29. The number of nitrogens with zero attached hydrogens (tertiary/aromatic N) is 1. The first kappa shape index (κ1) is 18.1. The standard InChI is InChI=1S/C22H17BrClNO3/c23-15-8-6-14(7-9-15)22-17(13-4-2-1-3-5-13)11-19(26)21(22,27)20-18(28-22)10-16(24)12-25-20/h1-10,12,17,19,26-27H,11H2/t17?,19?,21?,22-/m0/s1. The molecule has 2 heterocycles. The van der Waals surface area contributed by atoms with Gasteiger partial charge < -0.3 is 14.9 Å². The van der Waals surface area contributed by atoms with E-state index in [9.17, 15) is 10.2 Å². The Morgan fingerprint density at radius 3 is 2.54 bits per heavy atom. The molecule has 1 aliphatic carbocycles.